The monoisotopic (exact) mass is 416 g/mol. The summed E-state index contributed by atoms with van der Waals surface area (Å²) in [6.45, 7) is 3.98. The van der Waals surface area contributed by atoms with Crippen LogP contribution in [0.15, 0.2) is 52.5 Å². The van der Waals surface area contributed by atoms with E-state index in [9.17, 15) is 14.0 Å². The number of nitrogens with zero attached hydrogens (tertiary/aromatic N) is 3. The Kier molecular flexibility index (Phi) is 6.71. The molecule has 29 heavy (non-hydrogen) atoms. The van der Waals surface area contributed by atoms with Crippen LogP contribution in [0.3, 0.4) is 0 Å². The molecular weight excluding hydrogens is 395 g/mol. The number of furan rings is 1. The number of carbonyl (C=O) groups excluding carboxylic acids is 2. The molecule has 3 aromatic rings. The highest BCUT2D eigenvalue weighted by atomic mass is 32.1. The maximum absolute atomic E-state index is 13.1. The minimum absolute atomic E-state index is 0.179. The number of halogens is 1. The molecule has 0 spiro atoms. The van der Waals surface area contributed by atoms with Gasteiger partial charge in [-0.25, -0.2) is 4.39 Å². The Bertz CT molecular complexity index is 929. The Morgan fingerprint density at radius 1 is 1.28 bits per heavy atom. The molecule has 7 nitrogen and oxygen atoms in total. The summed E-state index contributed by atoms with van der Waals surface area (Å²) in [6.07, 6.45) is 2.09. The van der Waals surface area contributed by atoms with Crippen LogP contribution in [0.2, 0.25) is 0 Å². The molecule has 0 unspecified atom stereocenters. The van der Waals surface area contributed by atoms with Crippen molar-refractivity contribution < 1.29 is 18.4 Å². The van der Waals surface area contributed by atoms with Crippen molar-refractivity contribution in [2.75, 3.05) is 0 Å². The fourth-order valence-corrected chi connectivity index (χ4v) is 3.32. The third kappa shape index (κ3) is 4.86. The van der Waals surface area contributed by atoms with E-state index in [1.807, 2.05) is 13.8 Å². The molecule has 2 heterocycles. The number of aromatic nitrogens is 2. The summed E-state index contributed by atoms with van der Waals surface area (Å²) in [4.78, 5) is 27.7. The van der Waals surface area contributed by atoms with Gasteiger partial charge in [-0.15, -0.1) is 5.10 Å². The maximum atomic E-state index is 13.1. The fourth-order valence-electron chi connectivity index (χ4n) is 2.89. The molecule has 0 aliphatic heterocycles. The van der Waals surface area contributed by atoms with Crippen LogP contribution in [0.5, 0.6) is 0 Å². The zero-order valence-electron chi connectivity index (χ0n) is 16.0. The van der Waals surface area contributed by atoms with Gasteiger partial charge in [0.15, 0.2) is 11.7 Å². The van der Waals surface area contributed by atoms with Crippen LogP contribution in [-0.4, -0.2) is 32.3 Å². The van der Waals surface area contributed by atoms with Crippen LogP contribution >= 0.6 is 11.5 Å². The van der Waals surface area contributed by atoms with E-state index in [1.165, 1.54) is 23.3 Å². The first-order valence-electron chi connectivity index (χ1n) is 9.16. The van der Waals surface area contributed by atoms with Crippen molar-refractivity contribution in [3.63, 3.8) is 0 Å². The first kappa shape index (κ1) is 20.7. The highest BCUT2D eigenvalue weighted by Gasteiger charge is 2.37. The van der Waals surface area contributed by atoms with Gasteiger partial charge in [0.05, 0.1) is 6.26 Å². The van der Waals surface area contributed by atoms with E-state index < -0.39 is 17.9 Å². The van der Waals surface area contributed by atoms with Crippen molar-refractivity contribution in [3.8, 4) is 0 Å². The largest absolute Gasteiger partial charge is 0.467 e. The van der Waals surface area contributed by atoms with Crippen LogP contribution in [-0.2, 0) is 11.3 Å². The Balaban J connectivity index is 1.88. The second kappa shape index (κ2) is 9.42. The van der Waals surface area contributed by atoms with Crippen LogP contribution in [0.25, 0.3) is 0 Å². The van der Waals surface area contributed by atoms with Crippen molar-refractivity contribution in [3.05, 3.63) is 70.9 Å². The minimum atomic E-state index is -0.977. The minimum Gasteiger partial charge on any atom is -0.467 e. The van der Waals surface area contributed by atoms with E-state index in [-0.39, 0.29) is 24.1 Å². The molecule has 0 saturated heterocycles. The SMILES string of the molecule is CC[C@H](C)N(C(=O)c1csnn1)[C@@H](C(=O)NCc1ccc(F)cc1)c1ccco1. The Labute approximate surface area is 171 Å². The summed E-state index contributed by atoms with van der Waals surface area (Å²) in [6, 6.07) is 7.94. The summed E-state index contributed by atoms with van der Waals surface area (Å²) < 4.78 is 22.3. The topological polar surface area (TPSA) is 88.3 Å². The summed E-state index contributed by atoms with van der Waals surface area (Å²) in [5, 5.41) is 8.22. The van der Waals surface area contributed by atoms with Crippen LogP contribution < -0.4 is 5.32 Å². The van der Waals surface area contributed by atoms with Gasteiger partial charge in [-0.05, 0) is 54.7 Å². The van der Waals surface area contributed by atoms with Gasteiger partial charge in [-0.2, -0.15) is 0 Å². The molecule has 0 aliphatic carbocycles. The van der Waals surface area contributed by atoms with Crippen molar-refractivity contribution in [1.82, 2.24) is 19.8 Å². The highest BCUT2D eigenvalue weighted by molar-refractivity contribution is 7.03. The lowest BCUT2D eigenvalue weighted by molar-refractivity contribution is -0.127. The van der Waals surface area contributed by atoms with Gasteiger partial charge >= 0.3 is 0 Å². The molecule has 0 aliphatic rings. The van der Waals surface area contributed by atoms with E-state index in [0.29, 0.717) is 12.2 Å². The van der Waals surface area contributed by atoms with E-state index in [1.54, 1.807) is 29.6 Å². The molecule has 152 valence electrons. The number of benzene rings is 1. The molecule has 2 amide bonds. The van der Waals surface area contributed by atoms with Gasteiger partial charge < -0.3 is 14.6 Å². The lowest BCUT2D eigenvalue weighted by Gasteiger charge is -2.33. The van der Waals surface area contributed by atoms with Gasteiger partial charge in [0.1, 0.15) is 11.6 Å². The second-order valence-electron chi connectivity index (χ2n) is 6.52. The maximum Gasteiger partial charge on any atom is 0.276 e. The molecule has 1 N–H and O–H groups in total. The summed E-state index contributed by atoms with van der Waals surface area (Å²) in [5.74, 6) is -0.801. The molecule has 3 rings (SSSR count). The standard InChI is InChI=1S/C20H21FN4O3S/c1-3-13(2)25(20(27)16-12-29-24-23-16)18(17-5-4-10-28-17)19(26)22-11-14-6-8-15(21)9-7-14/h4-10,12-13,18H,3,11H2,1-2H3,(H,22,26)/t13-,18+/m0/s1. The Morgan fingerprint density at radius 2 is 2.03 bits per heavy atom. The number of hydrogen-bond acceptors (Lipinski definition) is 6. The Hall–Kier alpha value is -3.07. The quantitative estimate of drug-likeness (QED) is 0.606. The van der Waals surface area contributed by atoms with Gasteiger partial charge in [0, 0.05) is 18.0 Å². The van der Waals surface area contributed by atoms with Crippen molar-refractivity contribution in [2.24, 2.45) is 0 Å². The van der Waals surface area contributed by atoms with E-state index >= 15 is 0 Å². The average Bonchev–Trinajstić information content (AvgIpc) is 3.44. The van der Waals surface area contributed by atoms with Gasteiger partial charge in [0.2, 0.25) is 0 Å². The molecule has 0 saturated carbocycles. The predicted molar refractivity (Wildman–Crippen MR) is 106 cm³/mol. The Morgan fingerprint density at radius 3 is 2.62 bits per heavy atom. The van der Waals surface area contributed by atoms with Crippen molar-refractivity contribution >= 4 is 23.3 Å². The van der Waals surface area contributed by atoms with Crippen LogP contribution in [0.1, 0.15) is 48.1 Å². The molecule has 2 atom stereocenters. The third-order valence-corrected chi connectivity index (χ3v) is 5.10. The van der Waals surface area contributed by atoms with Gasteiger partial charge in [-0.1, -0.05) is 23.5 Å². The number of rotatable bonds is 8. The fraction of sp³-hybridized carbons (Fsp3) is 0.300. The molecule has 0 fully saturated rings. The number of hydrogen-bond donors (Lipinski definition) is 1. The number of nitrogens with one attached hydrogen (secondary N) is 1. The van der Waals surface area contributed by atoms with Crippen LogP contribution in [0, 0.1) is 5.82 Å². The summed E-state index contributed by atoms with van der Waals surface area (Å²) >= 11 is 1.07. The van der Waals surface area contributed by atoms with Crippen LogP contribution in [0.4, 0.5) is 4.39 Å². The van der Waals surface area contributed by atoms with E-state index in [0.717, 1.165) is 17.1 Å². The first-order valence-corrected chi connectivity index (χ1v) is 10.00. The number of amides is 2. The van der Waals surface area contributed by atoms with Gasteiger partial charge in [0.25, 0.3) is 11.8 Å². The second-order valence-corrected chi connectivity index (χ2v) is 7.13. The lowest BCUT2D eigenvalue weighted by Crippen LogP contribution is -2.47. The summed E-state index contributed by atoms with van der Waals surface area (Å²) in [7, 11) is 0. The smallest absolute Gasteiger partial charge is 0.276 e. The number of carbonyl (C=O) groups is 2. The molecule has 9 heteroatoms. The highest BCUT2D eigenvalue weighted by Crippen LogP contribution is 2.27. The summed E-state index contributed by atoms with van der Waals surface area (Å²) in [5.41, 5.74) is 0.918. The molecule has 1 aromatic carbocycles. The molecular formula is C20H21FN4O3S. The first-order chi connectivity index (χ1) is 14.0. The zero-order valence-corrected chi connectivity index (χ0v) is 16.9. The molecule has 2 aromatic heterocycles. The van der Waals surface area contributed by atoms with E-state index in [4.69, 9.17) is 4.42 Å². The van der Waals surface area contributed by atoms with E-state index in [2.05, 4.69) is 14.9 Å². The average molecular weight is 416 g/mol. The zero-order chi connectivity index (χ0) is 20.8. The van der Waals surface area contributed by atoms with Crippen molar-refractivity contribution in [2.45, 2.75) is 38.9 Å². The molecule has 0 bridgehead atoms. The van der Waals surface area contributed by atoms with Gasteiger partial charge in [-0.3, -0.25) is 9.59 Å². The third-order valence-electron chi connectivity index (χ3n) is 4.60. The van der Waals surface area contributed by atoms with Crippen molar-refractivity contribution in [1.29, 1.82) is 0 Å². The molecule has 0 radical (unpaired) electrons. The normalized spacial score (nSPS) is 12.9. The predicted octanol–water partition coefficient (Wildman–Crippen LogP) is 3.57. The lowest BCUT2D eigenvalue weighted by atomic mass is 10.1.